The van der Waals surface area contributed by atoms with E-state index in [-0.39, 0.29) is 11.9 Å². The number of anilines is 2. The molecule has 0 spiro atoms. The van der Waals surface area contributed by atoms with Crippen molar-refractivity contribution in [1.29, 1.82) is 0 Å². The van der Waals surface area contributed by atoms with Gasteiger partial charge in [-0.15, -0.1) is 0 Å². The van der Waals surface area contributed by atoms with Crippen molar-refractivity contribution < 1.29 is 4.79 Å². The van der Waals surface area contributed by atoms with Gasteiger partial charge in [-0.25, -0.2) is 4.98 Å². The molecule has 3 fully saturated rings. The summed E-state index contributed by atoms with van der Waals surface area (Å²) in [5.41, 5.74) is 0.615. The Bertz CT molecular complexity index is 973. The molecular formula is C29H43N7O. The van der Waals surface area contributed by atoms with E-state index in [9.17, 15) is 4.79 Å². The molecule has 2 aliphatic heterocycles. The van der Waals surface area contributed by atoms with Gasteiger partial charge in [0.25, 0.3) is 5.91 Å². The molecule has 0 bridgehead atoms. The van der Waals surface area contributed by atoms with Gasteiger partial charge < -0.3 is 15.5 Å². The number of nitrogens with one attached hydrogen (secondary N) is 2. The number of hydrogen-bond acceptors (Lipinski definition) is 7. The van der Waals surface area contributed by atoms with Crippen molar-refractivity contribution >= 4 is 17.7 Å². The molecule has 37 heavy (non-hydrogen) atoms. The Morgan fingerprint density at radius 1 is 0.919 bits per heavy atom. The first-order valence-corrected chi connectivity index (χ1v) is 14.6. The first-order valence-electron chi connectivity index (χ1n) is 14.6. The van der Waals surface area contributed by atoms with E-state index in [2.05, 4.69) is 36.5 Å². The monoisotopic (exact) mass is 505 g/mol. The number of carbonyl (C=O) groups is 1. The third-order valence-corrected chi connectivity index (χ3v) is 8.40. The number of nitrogens with zero attached hydrogens (tertiary/aromatic N) is 5. The zero-order valence-electron chi connectivity index (χ0n) is 22.2. The van der Waals surface area contributed by atoms with Gasteiger partial charge in [0.1, 0.15) is 5.82 Å². The molecule has 0 radical (unpaired) electrons. The van der Waals surface area contributed by atoms with E-state index in [1.165, 1.54) is 64.2 Å². The van der Waals surface area contributed by atoms with Crippen molar-refractivity contribution in [2.24, 2.45) is 0 Å². The Kier molecular flexibility index (Phi) is 9.22. The first-order chi connectivity index (χ1) is 18.3. The number of amides is 1. The first kappa shape index (κ1) is 25.9. The van der Waals surface area contributed by atoms with Crippen LogP contribution in [0.25, 0.3) is 0 Å². The van der Waals surface area contributed by atoms with Gasteiger partial charge in [-0.05, 0) is 69.7 Å². The molecule has 4 heterocycles. The van der Waals surface area contributed by atoms with Gasteiger partial charge in [0.15, 0.2) is 0 Å². The van der Waals surface area contributed by atoms with Crippen molar-refractivity contribution in [2.45, 2.75) is 95.2 Å². The third-order valence-electron chi connectivity index (χ3n) is 8.40. The Labute approximate surface area is 221 Å². The molecule has 2 atom stereocenters. The highest BCUT2D eigenvalue weighted by molar-refractivity contribution is 5.93. The van der Waals surface area contributed by atoms with Crippen LogP contribution >= 0.6 is 0 Å². The maximum absolute atomic E-state index is 12.6. The number of piperidine rings is 1. The van der Waals surface area contributed by atoms with E-state index in [0.717, 1.165) is 44.2 Å². The lowest BCUT2D eigenvalue weighted by atomic mass is 9.87. The number of rotatable bonds is 8. The van der Waals surface area contributed by atoms with Gasteiger partial charge >= 0.3 is 0 Å². The summed E-state index contributed by atoms with van der Waals surface area (Å²) < 4.78 is 0. The molecule has 1 saturated carbocycles. The molecule has 200 valence electrons. The highest BCUT2D eigenvalue weighted by Crippen LogP contribution is 2.31. The van der Waals surface area contributed by atoms with Gasteiger partial charge in [-0.1, -0.05) is 32.1 Å². The van der Waals surface area contributed by atoms with Crippen LogP contribution in [-0.2, 0) is 0 Å². The van der Waals surface area contributed by atoms with Crippen molar-refractivity contribution in [2.75, 3.05) is 36.4 Å². The van der Waals surface area contributed by atoms with E-state index in [1.54, 1.807) is 18.5 Å². The van der Waals surface area contributed by atoms with Gasteiger partial charge in [0, 0.05) is 56.4 Å². The fourth-order valence-electron chi connectivity index (χ4n) is 6.48. The predicted molar refractivity (Wildman–Crippen MR) is 148 cm³/mol. The van der Waals surface area contributed by atoms with Crippen LogP contribution in [0, 0.1) is 0 Å². The number of hydrogen-bond donors (Lipinski definition) is 2. The zero-order chi connectivity index (χ0) is 25.3. The molecule has 0 aromatic carbocycles. The lowest BCUT2D eigenvalue weighted by Crippen LogP contribution is -2.56. The summed E-state index contributed by atoms with van der Waals surface area (Å²) in [6.07, 6.45) is 20.1. The topological polar surface area (TPSA) is 86.3 Å². The Morgan fingerprint density at radius 2 is 1.73 bits per heavy atom. The van der Waals surface area contributed by atoms with Crippen LogP contribution in [-0.4, -0.2) is 70.1 Å². The molecule has 1 amide bonds. The molecule has 5 rings (SSSR count). The second-order valence-electron chi connectivity index (χ2n) is 10.9. The molecule has 2 N–H and O–H groups in total. The molecule has 2 aromatic rings. The van der Waals surface area contributed by atoms with Crippen LogP contribution in [0.3, 0.4) is 0 Å². The van der Waals surface area contributed by atoms with Crippen LogP contribution in [0.2, 0.25) is 0 Å². The SMILES string of the molecule is O=C(NCCC1C(Nc2nccc(N3CCCCCC3)n2)CCCN1C1CCCCC1)c1cccnc1. The maximum Gasteiger partial charge on any atom is 0.252 e. The van der Waals surface area contributed by atoms with Crippen molar-refractivity contribution in [1.82, 2.24) is 25.2 Å². The minimum absolute atomic E-state index is 0.0499. The molecule has 3 aliphatic rings. The number of likely N-dealkylation sites (tertiary alicyclic amines) is 1. The molecule has 2 aromatic heterocycles. The number of aromatic nitrogens is 3. The molecule has 8 heteroatoms. The predicted octanol–water partition coefficient (Wildman–Crippen LogP) is 4.65. The Balaban J connectivity index is 1.28. The fourth-order valence-corrected chi connectivity index (χ4v) is 6.48. The quantitative estimate of drug-likeness (QED) is 0.540. The normalized spacial score (nSPS) is 23.8. The molecule has 2 unspecified atom stereocenters. The highest BCUT2D eigenvalue weighted by atomic mass is 16.1. The van der Waals surface area contributed by atoms with Gasteiger partial charge in [0.05, 0.1) is 5.56 Å². The van der Waals surface area contributed by atoms with Crippen molar-refractivity contribution in [3.63, 3.8) is 0 Å². The molecule has 8 nitrogen and oxygen atoms in total. The second kappa shape index (κ2) is 13.2. The second-order valence-corrected chi connectivity index (χ2v) is 10.9. The van der Waals surface area contributed by atoms with E-state index < -0.39 is 0 Å². The van der Waals surface area contributed by atoms with Gasteiger partial charge in [-0.3, -0.25) is 14.7 Å². The fraction of sp³-hybridized carbons (Fsp3) is 0.655. The summed E-state index contributed by atoms with van der Waals surface area (Å²) in [5, 5.41) is 6.89. The number of carbonyl (C=O) groups excluding carboxylic acids is 1. The van der Waals surface area contributed by atoms with Gasteiger partial charge in [0.2, 0.25) is 5.95 Å². The lowest BCUT2D eigenvalue weighted by Gasteiger charge is -2.47. The van der Waals surface area contributed by atoms with Crippen molar-refractivity contribution in [3.8, 4) is 0 Å². The summed E-state index contributed by atoms with van der Waals surface area (Å²) in [6.45, 7) is 3.94. The molecule has 1 aliphatic carbocycles. The highest BCUT2D eigenvalue weighted by Gasteiger charge is 2.36. The van der Waals surface area contributed by atoms with Crippen LogP contribution in [0.5, 0.6) is 0 Å². The maximum atomic E-state index is 12.6. The average Bonchev–Trinajstić information content (AvgIpc) is 3.25. The third kappa shape index (κ3) is 6.98. The standard InChI is InChI=1S/C29H43N7O/c37-28(23-10-8-16-30-22-23)31-17-14-26-25(13-9-21-36(26)24-11-4-3-5-12-24)33-29-32-18-15-27(34-29)35-19-6-1-2-7-20-35/h8,10,15-16,18,22,24-26H,1-7,9,11-14,17,19-21H2,(H,31,37)(H,32,33,34). The van der Waals surface area contributed by atoms with Crippen LogP contribution in [0.15, 0.2) is 36.8 Å². The summed E-state index contributed by atoms with van der Waals surface area (Å²) >= 11 is 0. The van der Waals surface area contributed by atoms with E-state index in [0.29, 0.717) is 24.2 Å². The minimum Gasteiger partial charge on any atom is -0.356 e. The summed E-state index contributed by atoms with van der Waals surface area (Å²) in [7, 11) is 0. The van der Waals surface area contributed by atoms with Crippen LogP contribution in [0.1, 0.15) is 87.4 Å². The molecule has 2 saturated heterocycles. The Morgan fingerprint density at radius 3 is 2.51 bits per heavy atom. The molecular weight excluding hydrogens is 462 g/mol. The van der Waals surface area contributed by atoms with E-state index in [1.807, 2.05) is 12.3 Å². The Hall–Kier alpha value is -2.74. The van der Waals surface area contributed by atoms with Crippen LogP contribution in [0.4, 0.5) is 11.8 Å². The summed E-state index contributed by atoms with van der Waals surface area (Å²) in [4.78, 5) is 31.5. The van der Waals surface area contributed by atoms with E-state index in [4.69, 9.17) is 4.98 Å². The zero-order valence-corrected chi connectivity index (χ0v) is 22.2. The smallest absolute Gasteiger partial charge is 0.252 e. The number of pyridine rings is 1. The summed E-state index contributed by atoms with van der Waals surface area (Å²) in [5.74, 6) is 1.73. The minimum atomic E-state index is -0.0499. The average molecular weight is 506 g/mol. The van der Waals surface area contributed by atoms with E-state index >= 15 is 0 Å². The summed E-state index contributed by atoms with van der Waals surface area (Å²) in [6, 6.07) is 6.93. The largest absolute Gasteiger partial charge is 0.356 e. The lowest BCUT2D eigenvalue weighted by molar-refractivity contribution is 0.0591. The van der Waals surface area contributed by atoms with Crippen LogP contribution < -0.4 is 15.5 Å². The van der Waals surface area contributed by atoms with Crippen molar-refractivity contribution in [3.05, 3.63) is 42.4 Å². The van der Waals surface area contributed by atoms with Gasteiger partial charge in [-0.2, -0.15) is 4.98 Å².